The van der Waals surface area contributed by atoms with Crippen LogP contribution in [0.4, 0.5) is 0 Å². The van der Waals surface area contributed by atoms with E-state index in [-0.39, 0.29) is 6.42 Å². The number of rotatable bonds is 7. The fraction of sp³-hybridized carbons (Fsp3) is 0.667. The van der Waals surface area contributed by atoms with Crippen molar-refractivity contribution in [3.05, 3.63) is 12.7 Å². The number of aliphatic hydroxyl groups is 3. The molecule has 1 rings (SSSR count). The van der Waals surface area contributed by atoms with Crippen LogP contribution in [0, 0.1) is 0 Å². The van der Waals surface area contributed by atoms with Gasteiger partial charge in [0.05, 0.1) is 26.4 Å². The maximum absolute atomic E-state index is 11.5. The molecular formula is C9H16N4O4. The van der Waals surface area contributed by atoms with Crippen LogP contribution in [0.3, 0.4) is 0 Å². The molecule has 96 valence electrons. The van der Waals surface area contributed by atoms with E-state index in [1.54, 1.807) is 0 Å². The standard InChI is InChI=1S/C9H16N4O4/c14-3-9(4-15,5-16)12-8(17)1-2-13-7-10-6-11-13/h6-7,14-16H,1-5H2,(H,12,17). The number of carbonyl (C=O) groups is 1. The van der Waals surface area contributed by atoms with Crippen molar-refractivity contribution in [1.82, 2.24) is 20.1 Å². The zero-order valence-corrected chi connectivity index (χ0v) is 9.28. The molecule has 0 aliphatic heterocycles. The summed E-state index contributed by atoms with van der Waals surface area (Å²) in [6, 6.07) is 0. The molecule has 0 fully saturated rings. The van der Waals surface area contributed by atoms with Crippen molar-refractivity contribution in [2.24, 2.45) is 0 Å². The van der Waals surface area contributed by atoms with E-state index >= 15 is 0 Å². The number of hydrogen-bond donors (Lipinski definition) is 4. The number of amides is 1. The molecule has 0 aliphatic rings. The topological polar surface area (TPSA) is 121 Å². The van der Waals surface area contributed by atoms with Crippen LogP contribution in [0.5, 0.6) is 0 Å². The van der Waals surface area contributed by atoms with Crippen molar-refractivity contribution < 1.29 is 20.1 Å². The predicted molar refractivity (Wildman–Crippen MR) is 56.8 cm³/mol. The number of aliphatic hydroxyl groups excluding tert-OH is 3. The van der Waals surface area contributed by atoms with E-state index in [0.717, 1.165) is 0 Å². The summed E-state index contributed by atoms with van der Waals surface area (Å²) in [5.74, 6) is -0.391. The summed E-state index contributed by atoms with van der Waals surface area (Å²) >= 11 is 0. The second-order valence-corrected chi connectivity index (χ2v) is 3.71. The van der Waals surface area contributed by atoms with Crippen molar-refractivity contribution >= 4 is 5.91 Å². The molecule has 0 spiro atoms. The average Bonchev–Trinajstić information content (AvgIpc) is 2.87. The van der Waals surface area contributed by atoms with Crippen LogP contribution in [0.2, 0.25) is 0 Å². The van der Waals surface area contributed by atoms with Gasteiger partial charge in [-0.25, -0.2) is 4.98 Å². The largest absolute Gasteiger partial charge is 0.394 e. The molecule has 4 N–H and O–H groups in total. The first-order chi connectivity index (χ1) is 8.15. The SMILES string of the molecule is O=C(CCn1cncn1)NC(CO)(CO)CO. The Bertz CT molecular complexity index is 329. The van der Waals surface area contributed by atoms with E-state index in [1.165, 1.54) is 17.3 Å². The quantitative estimate of drug-likeness (QED) is 0.421. The highest BCUT2D eigenvalue weighted by atomic mass is 16.3. The van der Waals surface area contributed by atoms with Gasteiger partial charge in [-0.05, 0) is 0 Å². The van der Waals surface area contributed by atoms with E-state index in [0.29, 0.717) is 6.54 Å². The molecular weight excluding hydrogens is 228 g/mol. The smallest absolute Gasteiger partial charge is 0.222 e. The van der Waals surface area contributed by atoms with Gasteiger partial charge in [0.1, 0.15) is 18.2 Å². The summed E-state index contributed by atoms with van der Waals surface area (Å²) in [5.41, 5.74) is -1.38. The highest BCUT2D eigenvalue weighted by Crippen LogP contribution is 2.02. The molecule has 0 radical (unpaired) electrons. The molecule has 0 aliphatic carbocycles. The first-order valence-corrected chi connectivity index (χ1v) is 5.12. The predicted octanol–water partition coefficient (Wildman–Crippen LogP) is -2.50. The van der Waals surface area contributed by atoms with E-state index in [2.05, 4.69) is 15.4 Å². The summed E-state index contributed by atoms with van der Waals surface area (Å²) in [5, 5.41) is 33.3. The Kier molecular flexibility index (Phi) is 5.01. The normalized spacial score (nSPS) is 11.5. The van der Waals surface area contributed by atoms with Gasteiger partial charge in [0.25, 0.3) is 0 Å². The van der Waals surface area contributed by atoms with Crippen LogP contribution in [0.15, 0.2) is 12.7 Å². The highest BCUT2D eigenvalue weighted by Gasteiger charge is 2.29. The Balaban J connectivity index is 2.42. The van der Waals surface area contributed by atoms with Crippen LogP contribution in [-0.4, -0.2) is 61.4 Å². The molecule has 8 heteroatoms. The molecule has 1 aromatic rings. The Hall–Kier alpha value is -1.51. The fourth-order valence-corrected chi connectivity index (χ4v) is 1.19. The van der Waals surface area contributed by atoms with Gasteiger partial charge in [-0.1, -0.05) is 0 Å². The summed E-state index contributed by atoms with van der Waals surface area (Å²) < 4.78 is 1.48. The number of hydrogen-bond acceptors (Lipinski definition) is 6. The van der Waals surface area contributed by atoms with Crippen LogP contribution in [-0.2, 0) is 11.3 Å². The molecule has 8 nitrogen and oxygen atoms in total. The third kappa shape index (κ3) is 3.77. The first-order valence-electron chi connectivity index (χ1n) is 5.12. The Morgan fingerprint density at radius 3 is 2.41 bits per heavy atom. The molecule has 1 aromatic heterocycles. The molecule has 0 unspecified atom stereocenters. The van der Waals surface area contributed by atoms with Gasteiger partial charge in [0, 0.05) is 6.42 Å². The molecule has 1 amide bonds. The minimum atomic E-state index is -1.38. The molecule has 0 aromatic carbocycles. The molecule has 0 bridgehead atoms. The Morgan fingerprint density at radius 1 is 1.29 bits per heavy atom. The summed E-state index contributed by atoms with van der Waals surface area (Å²) in [4.78, 5) is 15.2. The van der Waals surface area contributed by atoms with Gasteiger partial charge in [-0.2, -0.15) is 5.10 Å². The maximum Gasteiger partial charge on any atom is 0.222 e. The lowest BCUT2D eigenvalue weighted by Crippen LogP contribution is -2.57. The summed E-state index contributed by atoms with van der Waals surface area (Å²) in [7, 11) is 0. The molecule has 0 saturated carbocycles. The van der Waals surface area contributed by atoms with Crippen molar-refractivity contribution in [2.45, 2.75) is 18.5 Å². The van der Waals surface area contributed by atoms with Crippen molar-refractivity contribution in [3.63, 3.8) is 0 Å². The third-order valence-electron chi connectivity index (χ3n) is 2.35. The lowest BCUT2D eigenvalue weighted by Gasteiger charge is -2.28. The Labute approximate surface area is 97.9 Å². The lowest BCUT2D eigenvalue weighted by molar-refractivity contribution is -0.125. The van der Waals surface area contributed by atoms with Gasteiger partial charge < -0.3 is 20.6 Å². The van der Waals surface area contributed by atoms with Gasteiger partial charge in [-0.15, -0.1) is 0 Å². The van der Waals surface area contributed by atoms with Gasteiger partial charge in [0.2, 0.25) is 5.91 Å². The molecule has 0 atom stereocenters. The van der Waals surface area contributed by atoms with E-state index < -0.39 is 31.3 Å². The van der Waals surface area contributed by atoms with E-state index in [9.17, 15) is 4.79 Å². The number of aromatic nitrogens is 3. The highest BCUT2D eigenvalue weighted by molar-refractivity contribution is 5.76. The monoisotopic (exact) mass is 244 g/mol. The minimum Gasteiger partial charge on any atom is -0.394 e. The van der Waals surface area contributed by atoms with Crippen molar-refractivity contribution in [3.8, 4) is 0 Å². The number of nitrogens with zero attached hydrogens (tertiary/aromatic N) is 3. The van der Waals surface area contributed by atoms with E-state index in [4.69, 9.17) is 15.3 Å². The van der Waals surface area contributed by atoms with Crippen molar-refractivity contribution in [1.29, 1.82) is 0 Å². The van der Waals surface area contributed by atoms with Crippen LogP contribution >= 0.6 is 0 Å². The first kappa shape index (κ1) is 13.6. The van der Waals surface area contributed by atoms with Gasteiger partial charge in [0.15, 0.2) is 0 Å². The second kappa shape index (κ2) is 6.28. The molecule has 1 heterocycles. The maximum atomic E-state index is 11.5. The van der Waals surface area contributed by atoms with Gasteiger partial charge in [-0.3, -0.25) is 9.48 Å². The van der Waals surface area contributed by atoms with Crippen LogP contribution < -0.4 is 5.32 Å². The average molecular weight is 244 g/mol. The fourth-order valence-electron chi connectivity index (χ4n) is 1.19. The molecule has 0 saturated heterocycles. The summed E-state index contributed by atoms with van der Waals surface area (Å²) in [6.07, 6.45) is 2.95. The van der Waals surface area contributed by atoms with Crippen molar-refractivity contribution in [2.75, 3.05) is 19.8 Å². The Morgan fingerprint density at radius 2 is 1.94 bits per heavy atom. The summed E-state index contributed by atoms with van der Waals surface area (Å²) in [6.45, 7) is -1.26. The zero-order chi connectivity index (χ0) is 12.7. The second-order valence-electron chi connectivity index (χ2n) is 3.71. The number of carbonyl (C=O) groups excluding carboxylic acids is 1. The molecule has 17 heavy (non-hydrogen) atoms. The van der Waals surface area contributed by atoms with Crippen LogP contribution in [0.1, 0.15) is 6.42 Å². The number of nitrogens with one attached hydrogen (secondary N) is 1. The van der Waals surface area contributed by atoms with Crippen LogP contribution in [0.25, 0.3) is 0 Å². The number of aryl methyl sites for hydroxylation is 1. The van der Waals surface area contributed by atoms with E-state index in [1.807, 2.05) is 0 Å². The van der Waals surface area contributed by atoms with Gasteiger partial charge >= 0.3 is 0 Å². The minimum absolute atomic E-state index is 0.116. The third-order valence-corrected chi connectivity index (χ3v) is 2.35. The zero-order valence-electron chi connectivity index (χ0n) is 9.28. The lowest BCUT2D eigenvalue weighted by atomic mass is 10.0.